The first-order valence-corrected chi connectivity index (χ1v) is 9.88. The van der Waals surface area contributed by atoms with Gasteiger partial charge in [0.1, 0.15) is 11.6 Å². The number of nitrogens with zero attached hydrogens (tertiary/aromatic N) is 3. The van der Waals surface area contributed by atoms with Crippen LogP contribution in [0.3, 0.4) is 0 Å². The molecule has 2 aromatic carbocycles. The summed E-state index contributed by atoms with van der Waals surface area (Å²) in [5, 5.41) is 7.35. The monoisotopic (exact) mass is 404 g/mol. The van der Waals surface area contributed by atoms with Crippen molar-refractivity contribution in [2.75, 3.05) is 12.0 Å². The van der Waals surface area contributed by atoms with Crippen LogP contribution in [0.5, 0.6) is 5.75 Å². The van der Waals surface area contributed by atoms with Gasteiger partial charge in [-0.2, -0.15) is 5.10 Å². The highest BCUT2D eigenvalue weighted by atomic mass is 16.5. The minimum Gasteiger partial charge on any atom is -0.497 e. The highest BCUT2D eigenvalue weighted by molar-refractivity contribution is 5.95. The molecule has 0 bridgehead atoms. The van der Waals surface area contributed by atoms with Gasteiger partial charge >= 0.3 is 0 Å². The molecule has 1 aromatic heterocycles. The molecule has 30 heavy (non-hydrogen) atoms. The highest BCUT2D eigenvalue weighted by Crippen LogP contribution is 2.24. The molecule has 1 N–H and O–H groups in total. The summed E-state index contributed by atoms with van der Waals surface area (Å²) in [6.45, 7) is 3.44. The average molecular weight is 404 g/mol. The van der Waals surface area contributed by atoms with Gasteiger partial charge in [-0.05, 0) is 42.3 Å². The zero-order valence-electron chi connectivity index (χ0n) is 17.1. The number of aryl methyl sites for hydroxylation is 2. The summed E-state index contributed by atoms with van der Waals surface area (Å²) >= 11 is 0. The first kappa shape index (κ1) is 19.7. The summed E-state index contributed by atoms with van der Waals surface area (Å²) in [5.74, 6) is 1.56. The maximum atomic E-state index is 12.4. The number of carbonyl (C=O) groups excluding carboxylic acids is 2. The first-order chi connectivity index (χ1) is 14.5. The Kier molecular flexibility index (Phi) is 5.52. The van der Waals surface area contributed by atoms with Gasteiger partial charge in [-0.15, -0.1) is 0 Å². The van der Waals surface area contributed by atoms with Gasteiger partial charge in [-0.3, -0.25) is 14.5 Å². The summed E-state index contributed by atoms with van der Waals surface area (Å²) < 4.78 is 7.01. The molecule has 0 aliphatic carbocycles. The van der Waals surface area contributed by atoms with Crippen LogP contribution in [0.2, 0.25) is 0 Å². The minimum absolute atomic E-state index is 0.0868. The summed E-state index contributed by atoms with van der Waals surface area (Å²) in [4.78, 5) is 26.6. The number of hydrogen-bond donors (Lipinski definition) is 1. The van der Waals surface area contributed by atoms with E-state index in [-0.39, 0.29) is 11.8 Å². The summed E-state index contributed by atoms with van der Waals surface area (Å²) in [7, 11) is 1.62. The van der Waals surface area contributed by atoms with E-state index >= 15 is 0 Å². The molecule has 3 aromatic rings. The zero-order valence-corrected chi connectivity index (χ0v) is 17.1. The summed E-state index contributed by atoms with van der Waals surface area (Å²) in [6.07, 6.45) is 0.444. The van der Waals surface area contributed by atoms with Gasteiger partial charge in [0.05, 0.1) is 25.9 Å². The van der Waals surface area contributed by atoms with Crippen molar-refractivity contribution >= 4 is 17.6 Å². The molecule has 0 saturated carbocycles. The van der Waals surface area contributed by atoms with Crippen LogP contribution in [0.1, 0.15) is 33.6 Å². The van der Waals surface area contributed by atoms with Crippen molar-refractivity contribution in [3.63, 3.8) is 0 Å². The third-order valence-corrected chi connectivity index (χ3v) is 5.16. The number of carbonyl (C=O) groups is 2. The van der Waals surface area contributed by atoms with Crippen molar-refractivity contribution in [1.82, 2.24) is 15.1 Å². The van der Waals surface area contributed by atoms with E-state index in [1.54, 1.807) is 24.1 Å². The predicted molar refractivity (Wildman–Crippen MR) is 113 cm³/mol. The number of anilines is 1. The Morgan fingerprint density at radius 2 is 1.80 bits per heavy atom. The third kappa shape index (κ3) is 4.20. The van der Waals surface area contributed by atoms with E-state index in [1.165, 1.54) is 0 Å². The number of nitrogens with one attached hydrogen (secondary N) is 1. The van der Waals surface area contributed by atoms with Crippen LogP contribution >= 0.6 is 0 Å². The molecule has 0 unspecified atom stereocenters. The molecule has 0 atom stereocenters. The van der Waals surface area contributed by atoms with Crippen LogP contribution in [-0.4, -0.2) is 28.7 Å². The van der Waals surface area contributed by atoms with E-state index in [4.69, 9.17) is 4.74 Å². The maximum absolute atomic E-state index is 12.4. The lowest BCUT2D eigenvalue weighted by Crippen LogP contribution is -2.36. The minimum atomic E-state index is -0.139. The van der Waals surface area contributed by atoms with Crippen molar-refractivity contribution < 1.29 is 14.3 Å². The van der Waals surface area contributed by atoms with Crippen LogP contribution in [-0.2, 0) is 24.4 Å². The van der Waals surface area contributed by atoms with E-state index < -0.39 is 0 Å². The Morgan fingerprint density at radius 3 is 2.50 bits per heavy atom. The largest absolute Gasteiger partial charge is 0.497 e. The van der Waals surface area contributed by atoms with Gasteiger partial charge < -0.3 is 10.1 Å². The molecule has 7 nitrogen and oxygen atoms in total. The SMILES string of the molecule is COc1ccc(CNC(=O)c2ccc(CN3C(=O)CCn4nc(C)cc43)cc2)cc1. The number of fused-ring (bicyclic) bond motifs is 1. The Balaban J connectivity index is 1.39. The number of aromatic nitrogens is 2. The molecular weight excluding hydrogens is 380 g/mol. The average Bonchev–Trinajstić information content (AvgIpc) is 3.15. The molecule has 2 amide bonds. The highest BCUT2D eigenvalue weighted by Gasteiger charge is 2.25. The molecule has 0 radical (unpaired) electrons. The maximum Gasteiger partial charge on any atom is 0.251 e. The van der Waals surface area contributed by atoms with Crippen LogP contribution in [0.15, 0.2) is 54.6 Å². The summed E-state index contributed by atoms with van der Waals surface area (Å²) in [6, 6.07) is 16.9. The third-order valence-electron chi connectivity index (χ3n) is 5.16. The quantitative estimate of drug-likeness (QED) is 0.685. The molecule has 7 heteroatoms. The molecule has 4 rings (SSSR count). The standard InChI is InChI=1S/C23H24N4O3/c1-16-13-21-26(22(28)11-12-27(21)25-16)15-18-3-7-19(8-4-18)23(29)24-14-17-5-9-20(30-2)10-6-17/h3-10,13H,11-12,14-15H2,1-2H3,(H,24,29). The number of hydrogen-bond acceptors (Lipinski definition) is 4. The van der Waals surface area contributed by atoms with E-state index in [0.717, 1.165) is 28.4 Å². The van der Waals surface area contributed by atoms with E-state index in [2.05, 4.69) is 10.4 Å². The molecule has 154 valence electrons. The van der Waals surface area contributed by atoms with Gasteiger partial charge in [0.25, 0.3) is 5.91 Å². The van der Waals surface area contributed by atoms with Crippen molar-refractivity contribution in [2.24, 2.45) is 0 Å². The number of ether oxygens (including phenoxy) is 1. The molecular formula is C23H24N4O3. The Labute approximate surface area is 175 Å². The van der Waals surface area contributed by atoms with Crippen molar-refractivity contribution in [3.8, 4) is 5.75 Å². The second kappa shape index (κ2) is 8.41. The topological polar surface area (TPSA) is 76.5 Å². The van der Waals surface area contributed by atoms with E-state index in [0.29, 0.717) is 31.6 Å². The lowest BCUT2D eigenvalue weighted by Gasteiger charge is -2.27. The lowest BCUT2D eigenvalue weighted by atomic mass is 10.1. The summed E-state index contributed by atoms with van der Waals surface area (Å²) in [5.41, 5.74) is 3.44. The van der Waals surface area contributed by atoms with Gasteiger partial charge in [-0.1, -0.05) is 24.3 Å². The van der Waals surface area contributed by atoms with Gasteiger partial charge in [0.15, 0.2) is 0 Å². The number of amides is 2. The Hall–Kier alpha value is -3.61. The fourth-order valence-electron chi connectivity index (χ4n) is 3.52. The molecule has 0 fully saturated rings. The molecule has 0 saturated heterocycles. The number of rotatable bonds is 6. The van der Waals surface area contributed by atoms with E-state index in [9.17, 15) is 9.59 Å². The van der Waals surface area contributed by atoms with Gasteiger partial charge in [-0.25, -0.2) is 4.68 Å². The molecule has 0 spiro atoms. The van der Waals surface area contributed by atoms with Gasteiger partial charge in [0, 0.05) is 24.6 Å². The first-order valence-electron chi connectivity index (χ1n) is 9.88. The predicted octanol–water partition coefficient (Wildman–Crippen LogP) is 3.07. The molecule has 1 aliphatic heterocycles. The fraction of sp³-hybridized carbons (Fsp3) is 0.261. The van der Waals surface area contributed by atoms with Crippen LogP contribution in [0, 0.1) is 6.92 Å². The number of benzene rings is 2. The Morgan fingerprint density at radius 1 is 1.10 bits per heavy atom. The second-order valence-electron chi connectivity index (χ2n) is 7.32. The molecule has 1 aliphatic rings. The Bertz CT molecular complexity index is 1060. The normalized spacial score (nSPS) is 13.1. The van der Waals surface area contributed by atoms with Crippen molar-refractivity contribution in [1.29, 1.82) is 0 Å². The van der Waals surface area contributed by atoms with Crippen LogP contribution in [0.4, 0.5) is 5.82 Å². The fourth-order valence-corrected chi connectivity index (χ4v) is 3.52. The smallest absolute Gasteiger partial charge is 0.251 e. The van der Waals surface area contributed by atoms with Gasteiger partial charge in [0.2, 0.25) is 5.91 Å². The van der Waals surface area contributed by atoms with Crippen LogP contribution < -0.4 is 15.0 Å². The lowest BCUT2D eigenvalue weighted by molar-refractivity contribution is -0.119. The second-order valence-corrected chi connectivity index (χ2v) is 7.32. The van der Waals surface area contributed by atoms with Crippen LogP contribution in [0.25, 0.3) is 0 Å². The number of methoxy groups -OCH3 is 1. The van der Waals surface area contributed by atoms with Crippen molar-refractivity contribution in [2.45, 2.75) is 33.0 Å². The van der Waals surface area contributed by atoms with Crippen molar-refractivity contribution in [3.05, 3.63) is 77.0 Å². The zero-order chi connectivity index (χ0) is 21.1. The van der Waals surface area contributed by atoms with E-state index in [1.807, 2.05) is 54.1 Å². The molecule has 2 heterocycles.